The van der Waals surface area contributed by atoms with Crippen LogP contribution in [0.25, 0.3) is 0 Å². The summed E-state index contributed by atoms with van der Waals surface area (Å²) in [7, 11) is 1.85. The summed E-state index contributed by atoms with van der Waals surface area (Å²) < 4.78 is 2.10. The largest absolute Gasteiger partial charge is 0.356 e. The Kier molecular flexibility index (Phi) is 6.28. The minimum absolute atomic E-state index is 0.503. The van der Waals surface area contributed by atoms with Gasteiger partial charge in [-0.1, -0.05) is 26.2 Å². The van der Waals surface area contributed by atoms with Crippen molar-refractivity contribution in [1.29, 1.82) is 0 Å². The summed E-state index contributed by atoms with van der Waals surface area (Å²) in [5, 5.41) is 11.6. The molecule has 0 aromatic carbocycles. The lowest BCUT2D eigenvalue weighted by Gasteiger charge is -2.25. The van der Waals surface area contributed by atoms with Crippen LogP contribution in [-0.4, -0.2) is 35.4 Å². The first-order valence-electron chi connectivity index (χ1n) is 8.56. The molecule has 124 valence electrons. The summed E-state index contributed by atoms with van der Waals surface area (Å²) in [5.41, 5.74) is 2.32. The maximum absolute atomic E-state index is 4.53. The molecule has 5 nitrogen and oxygen atoms in total. The van der Waals surface area contributed by atoms with E-state index in [1.165, 1.54) is 37.8 Å². The fourth-order valence-electron chi connectivity index (χ4n) is 3.13. The Bertz CT molecular complexity index is 485. The van der Waals surface area contributed by atoms with Crippen molar-refractivity contribution in [1.82, 2.24) is 20.4 Å². The lowest BCUT2D eigenvalue weighted by atomic mass is 9.96. The van der Waals surface area contributed by atoms with Gasteiger partial charge in [-0.3, -0.25) is 9.67 Å². The Morgan fingerprint density at radius 1 is 1.36 bits per heavy atom. The second-order valence-electron chi connectivity index (χ2n) is 6.65. The molecule has 1 aromatic heterocycles. The van der Waals surface area contributed by atoms with Crippen LogP contribution in [0.4, 0.5) is 0 Å². The number of nitrogens with one attached hydrogen (secondary N) is 2. The van der Waals surface area contributed by atoms with Gasteiger partial charge < -0.3 is 10.6 Å². The van der Waals surface area contributed by atoms with Crippen molar-refractivity contribution < 1.29 is 0 Å². The van der Waals surface area contributed by atoms with E-state index < -0.39 is 0 Å². The predicted octanol–water partition coefficient (Wildman–Crippen LogP) is 2.63. The Balaban J connectivity index is 1.76. The van der Waals surface area contributed by atoms with Crippen molar-refractivity contribution >= 4 is 5.96 Å². The second-order valence-corrected chi connectivity index (χ2v) is 6.65. The third-order valence-corrected chi connectivity index (χ3v) is 4.38. The first-order chi connectivity index (χ1) is 10.6. The summed E-state index contributed by atoms with van der Waals surface area (Å²) in [6.45, 7) is 8.25. The molecule has 1 heterocycles. The van der Waals surface area contributed by atoms with Gasteiger partial charge in [0, 0.05) is 31.9 Å². The first kappa shape index (κ1) is 16.8. The quantitative estimate of drug-likeness (QED) is 0.649. The highest BCUT2D eigenvalue weighted by atomic mass is 15.3. The highest BCUT2D eigenvalue weighted by Crippen LogP contribution is 2.17. The minimum Gasteiger partial charge on any atom is -0.356 e. The van der Waals surface area contributed by atoms with Gasteiger partial charge in [0.15, 0.2) is 5.96 Å². The first-order valence-corrected chi connectivity index (χ1v) is 8.56. The lowest BCUT2D eigenvalue weighted by molar-refractivity contribution is 0.404. The Labute approximate surface area is 134 Å². The fourth-order valence-corrected chi connectivity index (χ4v) is 3.13. The smallest absolute Gasteiger partial charge is 0.191 e. The minimum atomic E-state index is 0.503. The summed E-state index contributed by atoms with van der Waals surface area (Å²) in [4.78, 5) is 4.35. The number of hydrogen-bond donors (Lipinski definition) is 2. The van der Waals surface area contributed by atoms with Gasteiger partial charge in [-0.2, -0.15) is 5.10 Å². The second kappa shape index (κ2) is 8.20. The molecule has 0 radical (unpaired) electrons. The number of aliphatic imine (C=N–C) groups is 1. The van der Waals surface area contributed by atoms with E-state index in [0.717, 1.165) is 24.7 Å². The van der Waals surface area contributed by atoms with Crippen molar-refractivity contribution in [2.75, 3.05) is 13.6 Å². The van der Waals surface area contributed by atoms with Crippen LogP contribution in [0.5, 0.6) is 0 Å². The molecule has 5 heteroatoms. The molecular formula is C17H31N5. The number of aryl methyl sites for hydroxylation is 2. The molecule has 1 saturated carbocycles. The zero-order chi connectivity index (χ0) is 15.9. The van der Waals surface area contributed by atoms with E-state index in [-0.39, 0.29) is 0 Å². The highest BCUT2D eigenvalue weighted by Gasteiger charge is 2.15. The van der Waals surface area contributed by atoms with Crippen LogP contribution in [0.1, 0.15) is 50.4 Å². The normalized spacial score (nSPS) is 18.3. The number of rotatable bonds is 5. The molecule has 1 aliphatic carbocycles. The van der Waals surface area contributed by atoms with Crippen LogP contribution in [0.3, 0.4) is 0 Å². The van der Waals surface area contributed by atoms with E-state index in [2.05, 4.69) is 45.3 Å². The number of hydrogen-bond acceptors (Lipinski definition) is 2. The molecule has 0 spiro atoms. The maximum Gasteiger partial charge on any atom is 0.191 e. The number of aromatic nitrogens is 2. The predicted molar refractivity (Wildman–Crippen MR) is 92.2 cm³/mol. The Morgan fingerprint density at radius 2 is 2.09 bits per heavy atom. The summed E-state index contributed by atoms with van der Waals surface area (Å²) in [6, 6.07) is 2.72. The van der Waals surface area contributed by atoms with E-state index in [0.29, 0.717) is 12.0 Å². The van der Waals surface area contributed by atoms with Gasteiger partial charge in [-0.25, -0.2) is 0 Å². The van der Waals surface area contributed by atoms with Gasteiger partial charge in [-0.05, 0) is 38.7 Å². The van der Waals surface area contributed by atoms with Crippen molar-refractivity contribution in [3.05, 3.63) is 17.5 Å². The standard InChI is InChI=1S/C17H31N5/c1-13(12-22-15(3)10-14(2)21-22)11-19-17(18-4)20-16-8-6-5-7-9-16/h10,13,16H,5-9,11-12H2,1-4H3,(H2,18,19,20). The zero-order valence-corrected chi connectivity index (χ0v) is 14.5. The fraction of sp³-hybridized carbons (Fsp3) is 0.765. The van der Waals surface area contributed by atoms with Crippen LogP contribution >= 0.6 is 0 Å². The SMILES string of the molecule is CN=C(NCC(C)Cn1nc(C)cc1C)NC1CCCCC1. The van der Waals surface area contributed by atoms with Gasteiger partial charge in [0.05, 0.1) is 5.69 Å². The van der Waals surface area contributed by atoms with E-state index in [1.54, 1.807) is 0 Å². The van der Waals surface area contributed by atoms with E-state index in [1.807, 2.05) is 14.0 Å². The molecule has 1 aliphatic rings. The number of nitrogens with zero attached hydrogens (tertiary/aromatic N) is 3. The van der Waals surface area contributed by atoms with Crippen molar-refractivity contribution in [3.8, 4) is 0 Å². The molecule has 2 N–H and O–H groups in total. The van der Waals surface area contributed by atoms with Crippen LogP contribution in [0.2, 0.25) is 0 Å². The van der Waals surface area contributed by atoms with Crippen LogP contribution in [-0.2, 0) is 6.54 Å². The van der Waals surface area contributed by atoms with Gasteiger partial charge >= 0.3 is 0 Å². The third kappa shape index (κ3) is 5.04. The summed E-state index contributed by atoms with van der Waals surface area (Å²) in [6.07, 6.45) is 6.58. The molecule has 0 aliphatic heterocycles. The Morgan fingerprint density at radius 3 is 2.68 bits per heavy atom. The zero-order valence-electron chi connectivity index (χ0n) is 14.5. The Hall–Kier alpha value is -1.52. The molecule has 1 aromatic rings. The van der Waals surface area contributed by atoms with E-state index in [9.17, 15) is 0 Å². The molecule has 22 heavy (non-hydrogen) atoms. The maximum atomic E-state index is 4.53. The number of guanidine groups is 1. The molecular weight excluding hydrogens is 274 g/mol. The van der Waals surface area contributed by atoms with E-state index >= 15 is 0 Å². The van der Waals surface area contributed by atoms with Crippen molar-refractivity contribution in [2.24, 2.45) is 10.9 Å². The molecule has 0 saturated heterocycles. The van der Waals surface area contributed by atoms with Crippen LogP contribution in [0, 0.1) is 19.8 Å². The van der Waals surface area contributed by atoms with Crippen LogP contribution < -0.4 is 10.6 Å². The molecule has 1 fully saturated rings. The molecule has 1 unspecified atom stereocenters. The average Bonchev–Trinajstić information content (AvgIpc) is 2.82. The summed E-state index contributed by atoms with van der Waals surface area (Å²) in [5.74, 6) is 1.44. The van der Waals surface area contributed by atoms with Crippen molar-refractivity contribution in [2.45, 2.75) is 65.5 Å². The van der Waals surface area contributed by atoms with E-state index in [4.69, 9.17) is 0 Å². The topological polar surface area (TPSA) is 54.2 Å². The average molecular weight is 305 g/mol. The molecule has 1 atom stereocenters. The van der Waals surface area contributed by atoms with Gasteiger partial charge in [-0.15, -0.1) is 0 Å². The highest BCUT2D eigenvalue weighted by molar-refractivity contribution is 5.79. The molecule has 0 amide bonds. The van der Waals surface area contributed by atoms with Gasteiger partial charge in [0.1, 0.15) is 0 Å². The van der Waals surface area contributed by atoms with Gasteiger partial charge in [0.2, 0.25) is 0 Å². The van der Waals surface area contributed by atoms with Gasteiger partial charge in [0.25, 0.3) is 0 Å². The molecule has 2 rings (SSSR count). The molecule has 0 bridgehead atoms. The lowest BCUT2D eigenvalue weighted by Crippen LogP contribution is -2.45. The summed E-state index contributed by atoms with van der Waals surface area (Å²) >= 11 is 0. The van der Waals surface area contributed by atoms with Crippen LogP contribution in [0.15, 0.2) is 11.1 Å². The third-order valence-electron chi connectivity index (χ3n) is 4.38. The monoisotopic (exact) mass is 305 g/mol. The van der Waals surface area contributed by atoms with Crippen molar-refractivity contribution in [3.63, 3.8) is 0 Å².